The van der Waals surface area contributed by atoms with Gasteiger partial charge in [-0.3, -0.25) is 5.41 Å². The Morgan fingerprint density at radius 3 is 2.63 bits per heavy atom. The number of thiazole rings is 1. The van der Waals surface area contributed by atoms with Gasteiger partial charge in [0.15, 0.2) is 0 Å². The lowest BCUT2D eigenvalue weighted by molar-refractivity contribution is 0.305. The number of nitrogens with one attached hydrogen (secondary N) is 1. The van der Waals surface area contributed by atoms with Gasteiger partial charge in [-0.15, -0.1) is 11.3 Å². The van der Waals surface area contributed by atoms with E-state index in [0.29, 0.717) is 6.61 Å². The number of hydrogen-bond donors (Lipinski definition) is 2. The molecule has 1 aromatic carbocycles. The van der Waals surface area contributed by atoms with Crippen LogP contribution in [0.4, 0.5) is 0 Å². The summed E-state index contributed by atoms with van der Waals surface area (Å²) in [6.07, 6.45) is 0. The maximum absolute atomic E-state index is 7.44. The Morgan fingerprint density at radius 2 is 2.05 bits per heavy atom. The summed E-state index contributed by atoms with van der Waals surface area (Å²) in [5, 5.41) is 8.28. The van der Waals surface area contributed by atoms with Crippen molar-refractivity contribution in [2.75, 3.05) is 0 Å². The van der Waals surface area contributed by atoms with Crippen LogP contribution in [0.25, 0.3) is 0 Å². The second-order valence-corrected chi connectivity index (χ2v) is 5.55. The minimum atomic E-state index is 0.0624. The summed E-state index contributed by atoms with van der Waals surface area (Å²) in [5.74, 6) is 0.896. The van der Waals surface area contributed by atoms with E-state index in [0.717, 1.165) is 21.3 Å². The van der Waals surface area contributed by atoms with Crippen LogP contribution in [0.1, 0.15) is 26.7 Å². The zero-order chi connectivity index (χ0) is 14.0. The minimum Gasteiger partial charge on any atom is -0.486 e. The molecule has 0 atom stereocenters. The Bertz CT molecular complexity index is 619. The molecule has 1 heterocycles. The van der Waals surface area contributed by atoms with E-state index in [2.05, 4.69) is 18.8 Å². The molecule has 3 N–H and O–H groups in total. The third kappa shape index (κ3) is 3.12. The van der Waals surface area contributed by atoms with Crippen molar-refractivity contribution >= 4 is 17.2 Å². The fourth-order valence-electron chi connectivity index (χ4n) is 1.71. The Kier molecular flexibility index (Phi) is 3.85. The van der Waals surface area contributed by atoms with Crippen LogP contribution in [0.5, 0.6) is 5.75 Å². The van der Waals surface area contributed by atoms with E-state index >= 15 is 0 Å². The topological polar surface area (TPSA) is 72.0 Å². The Hall–Kier alpha value is -1.88. The van der Waals surface area contributed by atoms with E-state index in [4.69, 9.17) is 15.9 Å². The summed E-state index contributed by atoms with van der Waals surface area (Å²) in [4.78, 5) is 5.08. The third-order valence-electron chi connectivity index (χ3n) is 2.93. The smallest absolute Gasteiger partial charge is 0.140 e. The number of aryl methyl sites for hydroxylation is 3. The van der Waals surface area contributed by atoms with Gasteiger partial charge in [-0.1, -0.05) is 6.07 Å². The fraction of sp³-hybridized carbons (Fsp3) is 0.286. The van der Waals surface area contributed by atoms with Crippen LogP contribution < -0.4 is 10.5 Å². The first-order valence-corrected chi connectivity index (χ1v) is 6.80. The molecule has 0 bridgehead atoms. The highest BCUT2D eigenvalue weighted by Gasteiger charge is 2.10. The summed E-state index contributed by atoms with van der Waals surface area (Å²) >= 11 is 1.41. The van der Waals surface area contributed by atoms with Crippen LogP contribution in [0.3, 0.4) is 0 Å². The molecule has 0 aliphatic carbocycles. The molecule has 0 saturated carbocycles. The van der Waals surface area contributed by atoms with Gasteiger partial charge in [0.2, 0.25) is 0 Å². The summed E-state index contributed by atoms with van der Waals surface area (Å²) < 4.78 is 5.71. The van der Waals surface area contributed by atoms with Crippen molar-refractivity contribution in [3.05, 3.63) is 44.9 Å². The average Bonchev–Trinajstić information content (AvgIpc) is 2.72. The molecule has 0 fully saturated rings. The normalized spacial score (nSPS) is 10.5. The SMILES string of the molecule is Cc1ccc(OCc2nc(C)c(C(=N)N)s2)cc1C. The first-order chi connectivity index (χ1) is 8.97. The second-order valence-electron chi connectivity index (χ2n) is 4.47. The zero-order valence-electron chi connectivity index (χ0n) is 11.3. The molecule has 0 aliphatic heterocycles. The molecular formula is C14H17N3OS. The van der Waals surface area contributed by atoms with E-state index in [1.807, 2.05) is 25.1 Å². The molecule has 19 heavy (non-hydrogen) atoms. The van der Waals surface area contributed by atoms with Crippen molar-refractivity contribution < 1.29 is 4.74 Å². The van der Waals surface area contributed by atoms with Crippen molar-refractivity contribution in [1.29, 1.82) is 5.41 Å². The lowest BCUT2D eigenvalue weighted by Crippen LogP contribution is -2.10. The maximum atomic E-state index is 7.44. The lowest BCUT2D eigenvalue weighted by atomic mass is 10.1. The molecule has 2 aromatic rings. The zero-order valence-corrected chi connectivity index (χ0v) is 12.1. The van der Waals surface area contributed by atoms with Crippen LogP contribution in [0.15, 0.2) is 18.2 Å². The number of amidine groups is 1. The number of aromatic nitrogens is 1. The summed E-state index contributed by atoms with van der Waals surface area (Å²) in [6, 6.07) is 6.01. The number of benzene rings is 1. The van der Waals surface area contributed by atoms with Gasteiger partial charge < -0.3 is 10.5 Å². The van der Waals surface area contributed by atoms with Gasteiger partial charge >= 0.3 is 0 Å². The van der Waals surface area contributed by atoms with E-state index in [1.54, 1.807) is 0 Å². The Morgan fingerprint density at radius 1 is 1.32 bits per heavy atom. The van der Waals surface area contributed by atoms with E-state index in [-0.39, 0.29) is 5.84 Å². The van der Waals surface area contributed by atoms with Crippen LogP contribution in [-0.4, -0.2) is 10.8 Å². The molecule has 0 amide bonds. The highest BCUT2D eigenvalue weighted by molar-refractivity contribution is 7.13. The highest BCUT2D eigenvalue weighted by Crippen LogP contribution is 2.21. The van der Waals surface area contributed by atoms with Crippen LogP contribution >= 0.6 is 11.3 Å². The largest absolute Gasteiger partial charge is 0.486 e. The molecule has 0 radical (unpaired) electrons. The molecule has 0 saturated heterocycles. The maximum Gasteiger partial charge on any atom is 0.140 e. The predicted molar refractivity (Wildman–Crippen MR) is 78.1 cm³/mol. The molecule has 4 nitrogen and oxygen atoms in total. The van der Waals surface area contributed by atoms with Crippen LogP contribution in [-0.2, 0) is 6.61 Å². The monoisotopic (exact) mass is 275 g/mol. The Labute approximate surface area is 116 Å². The molecular weight excluding hydrogens is 258 g/mol. The highest BCUT2D eigenvalue weighted by atomic mass is 32.1. The number of nitrogen functional groups attached to an aromatic ring is 1. The van der Waals surface area contributed by atoms with Gasteiger partial charge in [0, 0.05) is 0 Å². The summed E-state index contributed by atoms with van der Waals surface area (Å²) in [6.45, 7) is 6.39. The van der Waals surface area contributed by atoms with Gasteiger partial charge in [0.25, 0.3) is 0 Å². The van der Waals surface area contributed by atoms with Gasteiger partial charge in [0.1, 0.15) is 23.2 Å². The van der Waals surface area contributed by atoms with Gasteiger partial charge in [-0.2, -0.15) is 0 Å². The quantitative estimate of drug-likeness (QED) is 0.665. The molecule has 0 aliphatic rings. The molecule has 1 aromatic heterocycles. The molecule has 0 spiro atoms. The predicted octanol–water partition coefficient (Wildman–Crippen LogP) is 2.93. The van der Waals surface area contributed by atoms with Crippen molar-refractivity contribution in [3.63, 3.8) is 0 Å². The van der Waals surface area contributed by atoms with Gasteiger partial charge in [-0.05, 0) is 44.0 Å². The second kappa shape index (κ2) is 5.40. The first kappa shape index (κ1) is 13.5. The van der Waals surface area contributed by atoms with E-state index < -0.39 is 0 Å². The fourth-order valence-corrected chi connectivity index (χ4v) is 2.55. The van der Waals surface area contributed by atoms with Crippen molar-refractivity contribution in [1.82, 2.24) is 4.98 Å². The standard InChI is InChI=1S/C14H17N3OS/c1-8-4-5-11(6-9(8)2)18-7-12-17-10(3)13(19-12)14(15)16/h4-6H,7H2,1-3H3,(H3,15,16). The third-order valence-corrected chi connectivity index (χ3v) is 4.09. The molecule has 100 valence electrons. The van der Waals surface area contributed by atoms with Crippen molar-refractivity contribution in [2.24, 2.45) is 5.73 Å². The summed E-state index contributed by atoms with van der Waals surface area (Å²) in [5.41, 5.74) is 8.73. The number of rotatable bonds is 4. The van der Waals surface area contributed by atoms with E-state index in [1.165, 1.54) is 22.5 Å². The van der Waals surface area contributed by atoms with E-state index in [9.17, 15) is 0 Å². The van der Waals surface area contributed by atoms with Crippen molar-refractivity contribution in [3.8, 4) is 5.75 Å². The van der Waals surface area contributed by atoms with Crippen molar-refractivity contribution in [2.45, 2.75) is 27.4 Å². The number of ether oxygens (including phenoxy) is 1. The lowest BCUT2D eigenvalue weighted by Gasteiger charge is -2.06. The Balaban J connectivity index is 2.08. The van der Waals surface area contributed by atoms with Gasteiger partial charge in [-0.25, -0.2) is 4.98 Å². The number of nitrogens with two attached hydrogens (primary N) is 1. The van der Waals surface area contributed by atoms with Gasteiger partial charge in [0.05, 0.1) is 10.6 Å². The number of nitrogens with zero attached hydrogens (tertiary/aromatic N) is 1. The average molecular weight is 275 g/mol. The van der Waals surface area contributed by atoms with Crippen LogP contribution in [0.2, 0.25) is 0 Å². The summed E-state index contributed by atoms with van der Waals surface area (Å²) in [7, 11) is 0. The first-order valence-electron chi connectivity index (χ1n) is 5.98. The molecule has 5 heteroatoms. The molecule has 2 rings (SSSR count). The minimum absolute atomic E-state index is 0.0624. The van der Waals surface area contributed by atoms with Crippen LogP contribution in [0, 0.1) is 26.2 Å². The molecule has 0 unspecified atom stereocenters. The number of hydrogen-bond acceptors (Lipinski definition) is 4.